The zero-order valence-electron chi connectivity index (χ0n) is 9.87. The number of aliphatic hydroxyl groups is 1. The minimum atomic E-state index is -0.442. The Kier molecular flexibility index (Phi) is 3.64. The number of carbonyl (C=O) groups is 1. The van der Waals surface area contributed by atoms with Crippen molar-refractivity contribution in [3.8, 4) is 0 Å². The van der Waals surface area contributed by atoms with Gasteiger partial charge in [-0.2, -0.15) is 0 Å². The van der Waals surface area contributed by atoms with Gasteiger partial charge in [0.05, 0.1) is 19.8 Å². The lowest BCUT2D eigenvalue weighted by atomic mass is 10.0. The molecular weight excluding hydrogens is 218 g/mol. The molecule has 4 heteroatoms. The summed E-state index contributed by atoms with van der Waals surface area (Å²) in [5.74, 6) is 0. The molecule has 0 radical (unpaired) electrons. The van der Waals surface area contributed by atoms with Gasteiger partial charge in [-0.15, -0.1) is 0 Å². The summed E-state index contributed by atoms with van der Waals surface area (Å²) in [7, 11) is 1.37. The van der Waals surface area contributed by atoms with Gasteiger partial charge in [-0.1, -0.05) is 30.3 Å². The van der Waals surface area contributed by atoms with Crippen molar-refractivity contribution in [2.75, 3.05) is 13.7 Å². The molecule has 1 aliphatic heterocycles. The molecule has 0 spiro atoms. The number of hydrogen-bond donors (Lipinski definition) is 1. The van der Waals surface area contributed by atoms with Crippen molar-refractivity contribution in [3.63, 3.8) is 0 Å². The summed E-state index contributed by atoms with van der Waals surface area (Å²) in [6, 6.07) is 10.00. The maximum absolute atomic E-state index is 11.6. The number of aliphatic hydroxyl groups excluding tert-OH is 1. The van der Waals surface area contributed by atoms with Crippen molar-refractivity contribution < 1.29 is 14.6 Å². The fourth-order valence-corrected chi connectivity index (χ4v) is 2.31. The van der Waals surface area contributed by atoms with Crippen molar-refractivity contribution in [3.05, 3.63) is 35.9 Å². The van der Waals surface area contributed by atoms with Crippen LogP contribution in [0, 0.1) is 0 Å². The number of methoxy groups -OCH3 is 1. The van der Waals surface area contributed by atoms with Gasteiger partial charge in [0.1, 0.15) is 0 Å². The van der Waals surface area contributed by atoms with E-state index in [0.29, 0.717) is 13.0 Å². The van der Waals surface area contributed by atoms with Crippen LogP contribution < -0.4 is 0 Å². The van der Waals surface area contributed by atoms with E-state index in [1.54, 1.807) is 4.90 Å². The van der Waals surface area contributed by atoms with E-state index in [2.05, 4.69) is 0 Å². The molecule has 0 saturated carbocycles. The maximum Gasteiger partial charge on any atom is 0.409 e. The largest absolute Gasteiger partial charge is 0.453 e. The van der Waals surface area contributed by atoms with Crippen LogP contribution in [0.4, 0.5) is 4.79 Å². The van der Waals surface area contributed by atoms with Crippen molar-refractivity contribution >= 4 is 6.09 Å². The highest BCUT2D eigenvalue weighted by molar-refractivity contribution is 5.68. The Bertz CT molecular complexity index is 380. The number of rotatable bonds is 2. The van der Waals surface area contributed by atoms with Gasteiger partial charge in [-0.05, 0) is 18.4 Å². The summed E-state index contributed by atoms with van der Waals surface area (Å²) >= 11 is 0. The zero-order valence-corrected chi connectivity index (χ0v) is 9.87. The van der Waals surface area contributed by atoms with Gasteiger partial charge in [-0.3, -0.25) is 0 Å². The summed E-state index contributed by atoms with van der Waals surface area (Å²) in [4.78, 5) is 13.2. The van der Waals surface area contributed by atoms with Gasteiger partial charge in [-0.25, -0.2) is 4.79 Å². The van der Waals surface area contributed by atoms with Gasteiger partial charge < -0.3 is 14.7 Å². The Morgan fingerprint density at radius 3 is 2.82 bits per heavy atom. The molecule has 1 fully saturated rings. The first-order valence-electron chi connectivity index (χ1n) is 5.77. The van der Waals surface area contributed by atoms with E-state index in [1.807, 2.05) is 30.3 Å². The summed E-state index contributed by atoms with van der Waals surface area (Å²) in [5.41, 5.74) is 1.17. The third-order valence-corrected chi connectivity index (χ3v) is 3.12. The van der Waals surface area contributed by atoms with E-state index >= 15 is 0 Å². The van der Waals surface area contributed by atoms with Crippen LogP contribution >= 0.6 is 0 Å². The molecule has 92 valence electrons. The number of β-amino-alcohol motifs (C(OH)–C–C–N with tert-alkyl or cyclic N) is 1. The predicted molar refractivity (Wildman–Crippen MR) is 63.7 cm³/mol. The fourth-order valence-electron chi connectivity index (χ4n) is 2.31. The summed E-state index contributed by atoms with van der Waals surface area (Å²) in [6.45, 7) is 0.365. The summed E-state index contributed by atoms with van der Waals surface area (Å²) < 4.78 is 4.73. The summed E-state index contributed by atoms with van der Waals surface area (Å²) in [5, 5.41) is 9.64. The normalized spacial score (nSPS) is 23.8. The number of carbonyl (C=O) groups excluding carboxylic acids is 1. The number of ether oxygens (including phenoxy) is 1. The van der Waals surface area contributed by atoms with Crippen LogP contribution in [0.15, 0.2) is 30.3 Å². The van der Waals surface area contributed by atoms with Crippen molar-refractivity contribution in [1.29, 1.82) is 0 Å². The van der Waals surface area contributed by atoms with E-state index in [1.165, 1.54) is 12.7 Å². The number of hydrogen-bond acceptors (Lipinski definition) is 3. The van der Waals surface area contributed by atoms with Crippen molar-refractivity contribution in [1.82, 2.24) is 4.90 Å². The molecule has 1 heterocycles. The molecule has 0 unspecified atom stereocenters. The number of likely N-dealkylation sites (tertiary alicyclic amines) is 1. The van der Waals surface area contributed by atoms with Crippen LogP contribution in [0.1, 0.15) is 12.0 Å². The lowest BCUT2D eigenvalue weighted by molar-refractivity contribution is 0.112. The van der Waals surface area contributed by atoms with E-state index in [0.717, 1.165) is 6.42 Å². The lowest BCUT2D eigenvalue weighted by Gasteiger charge is -2.22. The fraction of sp³-hybridized carbons (Fsp3) is 0.462. The molecule has 0 aromatic heterocycles. The Balaban J connectivity index is 2.06. The lowest BCUT2D eigenvalue weighted by Crippen LogP contribution is -2.37. The van der Waals surface area contributed by atoms with Crippen molar-refractivity contribution in [2.24, 2.45) is 0 Å². The van der Waals surface area contributed by atoms with Crippen molar-refractivity contribution in [2.45, 2.75) is 25.0 Å². The maximum atomic E-state index is 11.6. The Labute approximate surface area is 101 Å². The molecule has 2 rings (SSSR count). The Morgan fingerprint density at radius 1 is 1.47 bits per heavy atom. The van der Waals surface area contributed by atoms with E-state index in [9.17, 15) is 9.90 Å². The molecule has 2 atom stereocenters. The predicted octanol–water partition coefficient (Wildman–Crippen LogP) is 1.43. The molecule has 0 bridgehead atoms. The van der Waals surface area contributed by atoms with Gasteiger partial charge in [0, 0.05) is 6.04 Å². The van der Waals surface area contributed by atoms with Gasteiger partial charge in [0.25, 0.3) is 0 Å². The Morgan fingerprint density at radius 2 is 2.18 bits per heavy atom. The first-order valence-corrected chi connectivity index (χ1v) is 5.77. The molecule has 4 nitrogen and oxygen atoms in total. The minimum absolute atomic E-state index is 0.0276. The van der Waals surface area contributed by atoms with Crippen LogP contribution in [0.5, 0.6) is 0 Å². The number of nitrogens with zero attached hydrogens (tertiary/aromatic N) is 1. The van der Waals surface area contributed by atoms with Gasteiger partial charge >= 0.3 is 6.09 Å². The smallest absolute Gasteiger partial charge is 0.409 e. The standard InChI is InChI=1S/C13H17NO3/c1-17-13(16)14-9-12(15)8-11(14)7-10-5-3-2-4-6-10/h2-6,11-12,15H,7-9H2,1H3/t11-,12-/m1/s1. The van der Waals surface area contributed by atoms with Crippen LogP contribution in [0.2, 0.25) is 0 Å². The molecule has 1 aromatic carbocycles. The molecule has 1 N–H and O–H groups in total. The molecule has 0 aliphatic carbocycles. The Hall–Kier alpha value is -1.55. The quantitative estimate of drug-likeness (QED) is 0.843. The third kappa shape index (κ3) is 2.77. The highest BCUT2D eigenvalue weighted by Crippen LogP contribution is 2.22. The van der Waals surface area contributed by atoms with Crippen LogP contribution in [-0.4, -0.2) is 41.9 Å². The minimum Gasteiger partial charge on any atom is -0.453 e. The highest BCUT2D eigenvalue weighted by Gasteiger charge is 2.34. The topological polar surface area (TPSA) is 49.8 Å². The average molecular weight is 235 g/mol. The van der Waals surface area contributed by atoms with E-state index in [4.69, 9.17) is 4.74 Å². The zero-order chi connectivity index (χ0) is 12.3. The molecular formula is C13H17NO3. The number of benzene rings is 1. The second-order valence-electron chi connectivity index (χ2n) is 4.36. The molecule has 1 saturated heterocycles. The highest BCUT2D eigenvalue weighted by atomic mass is 16.5. The monoisotopic (exact) mass is 235 g/mol. The molecule has 1 amide bonds. The molecule has 1 aromatic rings. The SMILES string of the molecule is COC(=O)N1C[C@H](O)C[C@H]1Cc1ccccc1. The van der Waals surface area contributed by atoms with Crippen LogP contribution in [0.25, 0.3) is 0 Å². The third-order valence-electron chi connectivity index (χ3n) is 3.12. The van der Waals surface area contributed by atoms with Gasteiger partial charge in [0.2, 0.25) is 0 Å². The summed E-state index contributed by atoms with van der Waals surface area (Å²) in [6.07, 6.45) is 0.571. The van der Waals surface area contributed by atoms with Gasteiger partial charge in [0.15, 0.2) is 0 Å². The first kappa shape index (κ1) is 11.9. The molecule has 1 aliphatic rings. The number of amides is 1. The first-order chi connectivity index (χ1) is 8.20. The second-order valence-corrected chi connectivity index (χ2v) is 4.36. The van der Waals surface area contributed by atoms with E-state index in [-0.39, 0.29) is 12.1 Å². The van der Waals surface area contributed by atoms with E-state index < -0.39 is 6.10 Å². The van der Waals surface area contributed by atoms with Crippen LogP contribution in [-0.2, 0) is 11.2 Å². The second kappa shape index (κ2) is 5.19. The molecule has 17 heavy (non-hydrogen) atoms. The average Bonchev–Trinajstić information content (AvgIpc) is 2.70. The van der Waals surface area contributed by atoms with Crippen LogP contribution in [0.3, 0.4) is 0 Å².